The molecule has 0 spiro atoms. The molecular formula is C29H49N5O7. The zero-order chi connectivity index (χ0) is 30.9. The molecule has 2 aliphatic carbocycles. The third-order valence-electron chi connectivity index (χ3n) is 7.88. The van der Waals surface area contributed by atoms with Crippen molar-refractivity contribution in [2.75, 3.05) is 13.2 Å². The number of Topliss-reactive ketones (excluding diaryl/α,β-unsaturated/α-hetero) is 1. The predicted octanol–water partition coefficient (Wildman–Crippen LogP) is 1.43. The van der Waals surface area contributed by atoms with Crippen molar-refractivity contribution in [3.63, 3.8) is 0 Å². The molecule has 1 saturated heterocycles. The Morgan fingerprint density at radius 2 is 1.61 bits per heavy atom. The Labute approximate surface area is 243 Å². The minimum absolute atomic E-state index is 0.158. The molecule has 2 saturated carbocycles. The molecular weight excluding hydrogens is 530 g/mol. The van der Waals surface area contributed by atoms with E-state index in [0.29, 0.717) is 37.8 Å². The normalized spacial score (nSPS) is 21.0. The number of esters is 1. The quantitative estimate of drug-likeness (QED) is 0.152. The lowest BCUT2D eigenvalue weighted by Crippen LogP contribution is -2.59. The number of urea groups is 1. The Balaban J connectivity index is 0.000000408. The maximum absolute atomic E-state index is 13.1. The summed E-state index contributed by atoms with van der Waals surface area (Å²) in [7, 11) is 0. The van der Waals surface area contributed by atoms with Crippen LogP contribution in [0.2, 0.25) is 0 Å². The van der Waals surface area contributed by atoms with Gasteiger partial charge in [-0.2, -0.15) is 0 Å². The van der Waals surface area contributed by atoms with E-state index in [1.54, 1.807) is 0 Å². The van der Waals surface area contributed by atoms with Crippen LogP contribution in [-0.2, 0) is 28.7 Å². The van der Waals surface area contributed by atoms with Crippen LogP contribution in [0, 0.1) is 23.2 Å². The molecule has 12 nitrogen and oxygen atoms in total. The Morgan fingerprint density at radius 3 is 2.07 bits per heavy atom. The number of carbonyl (C=O) groups excluding carboxylic acids is 6. The van der Waals surface area contributed by atoms with Gasteiger partial charge >= 0.3 is 12.0 Å². The molecule has 232 valence electrons. The molecule has 3 fully saturated rings. The van der Waals surface area contributed by atoms with Crippen LogP contribution in [-0.4, -0.2) is 78.1 Å². The van der Waals surface area contributed by atoms with Crippen LogP contribution < -0.4 is 22.1 Å². The highest BCUT2D eigenvalue weighted by atomic mass is 16.5. The number of amides is 4. The fourth-order valence-electron chi connectivity index (χ4n) is 4.79. The van der Waals surface area contributed by atoms with Crippen LogP contribution in [0.1, 0.15) is 86.0 Å². The number of hydrogen-bond acceptors (Lipinski definition) is 8. The third-order valence-corrected chi connectivity index (χ3v) is 7.88. The van der Waals surface area contributed by atoms with Crippen LogP contribution in [0.4, 0.5) is 4.79 Å². The van der Waals surface area contributed by atoms with Gasteiger partial charge in [0, 0.05) is 6.54 Å². The van der Waals surface area contributed by atoms with Crippen molar-refractivity contribution in [3.8, 4) is 0 Å². The largest absolute Gasteiger partial charge is 0.464 e. The number of primary amides is 1. The van der Waals surface area contributed by atoms with Gasteiger partial charge in [-0.1, -0.05) is 53.9 Å². The first-order valence-corrected chi connectivity index (χ1v) is 14.7. The van der Waals surface area contributed by atoms with Crippen LogP contribution in [0.3, 0.4) is 0 Å². The molecule has 3 aliphatic rings. The molecule has 0 aromatic carbocycles. The Kier molecular flexibility index (Phi) is 12.7. The number of nitrogens with one attached hydrogen (secondary N) is 2. The molecule has 3 rings (SSSR count). The number of carbonyl (C=O) groups is 6. The van der Waals surface area contributed by atoms with E-state index < -0.39 is 53.3 Å². The molecule has 0 bridgehead atoms. The van der Waals surface area contributed by atoms with Gasteiger partial charge < -0.3 is 36.5 Å². The molecule has 0 aromatic heterocycles. The second kappa shape index (κ2) is 15.3. The van der Waals surface area contributed by atoms with Crippen molar-refractivity contribution in [3.05, 3.63) is 0 Å². The highest BCUT2D eigenvalue weighted by molar-refractivity contribution is 6.37. The summed E-state index contributed by atoms with van der Waals surface area (Å²) in [4.78, 5) is 72.3. The maximum Gasteiger partial charge on any atom is 0.328 e. The standard InChI is InChI=1S/C21H35N3O5.C8H14N2O2/c1-13(2)16(19(27)29-12-14-8-9-14)22-20(28)23-17(21(3,4)5)18(26)24-10-6-7-15(24)11-25;9-6(7(11)8(10)12)4-5-2-1-3-5/h11,13-17H,6-10,12H2,1-5H3,(H2,22,23,28);5-6H,1-4,9H2,(H2,10,12). The lowest BCUT2D eigenvalue weighted by Gasteiger charge is -2.35. The van der Waals surface area contributed by atoms with E-state index in [9.17, 15) is 28.8 Å². The molecule has 12 heteroatoms. The van der Waals surface area contributed by atoms with Crippen molar-refractivity contribution in [2.45, 2.75) is 110 Å². The minimum atomic E-state index is -0.915. The monoisotopic (exact) mass is 579 g/mol. The van der Waals surface area contributed by atoms with Gasteiger partial charge in [0.1, 0.15) is 18.4 Å². The van der Waals surface area contributed by atoms with Gasteiger partial charge in [0.15, 0.2) is 0 Å². The second-order valence-corrected chi connectivity index (χ2v) is 13.0. The highest BCUT2D eigenvalue weighted by Crippen LogP contribution is 2.30. The summed E-state index contributed by atoms with van der Waals surface area (Å²) in [6, 6.07) is -3.33. The molecule has 1 heterocycles. The first kappa shape index (κ1) is 34.2. The Bertz CT molecular complexity index is 956. The topological polar surface area (TPSA) is 191 Å². The number of nitrogens with zero attached hydrogens (tertiary/aromatic N) is 1. The molecule has 4 atom stereocenters. The molecule has 6 N–H and O–H groups in total. The minimum Gasteiger partial charge on any atom is -0.464 e. The van der Waals surface area contributed by atoms with Gasteiger partial charge in [-0.25, -0.2) is 9.59 Å². The van der Waals surface area contributed by atoms with Gasteiger partial charge in [-0.15, -0.1) is 0 Å². The van der Waals surface area contributed by atoms with Crippen molar-refractivity contribution >= 4 is 35.9 Å². The zero-order valence-corrected chi connectivity index (χ0v) is 25.1. The van der Waals surface area contributed by atoms with Crippen molar-refractivity contribution in [2.24, 2.45) is 34.6 Å². The third kappa shape index (κ3) is 10.7. The first-order valence-electron chi connectivity index (χ1n) is 14.7. The summed E-state index contributed by atoms with van der Waals surface area (Å²) in [5.41, 5.74) is 9.72. The lowest BCUT2D eigenvalue weighted by atomic mass is 9.80. The van der Waals surface area contributed by atoms with Crippen LogP contribution in [0.15, 0.2) is 0 Å². The van der Waals surface area contributed by atoms with Crippen LogP contribution >= 0.6 is 0 Å². The van der Waals surface area contributed by atoms with Crippen molar-refractivity contribution in [1.82, 2.24) is 15.5 Å². The number of rotatable bonds is 12. The fraction of sp³-hybridized carbons (Fsp3) is 0.793. The average Bonchev–Trinajstić information content (AvgIpc) is 3.58. The highest BCUT2D eigenvalue weighted by Gasteiger charge is 2.40. The van der Waals surface area contributed by atoms with Gasteiger partial charge in [-0.05, 0) is 55.3 Å². The van der Waals surface area contributed by atoms with E-state index in [1.165, 1.54) is 11.3 Å². The van der Waals surface area contributed by atoms with E-state index in [0.717, 1.165) is 38.4 Å². The lowest BCUT2D eigenvalue weighted by molar-refractivity contribution is -0.147. The number of aldehydes is 1. The first-order chi connectivity index (χ1) is 19.1. The van der Waals surface area contributed by atoms with Gasteiger partial charge in [0.25, 0.3) is 5.91 Å². The van der Waals surface area contributed by atoms with E-state index in [4.69, 9.17) is 16.2 Å². The van der Waals surface area contributed by atoms with Gasteiger partial charge in [-0.3, -0.25) is 14.4 Å². The molecule has 41 heavy (non-hydrogen) atoms. The molecule has 4 unspecified atom stereocenters. The number of likely N-dealkylation sites (tertiary alicyclic amines) is 1. The predicted molar refractivity (Wildman–Crippen MR) is 152 cm³/mol. The fourth-order valence-corrected chi connectivity index (χ4v) is 4.79. The summed E-state index contributed by atoms with van der Waals surface area (Å²) < 4.78 is 5.32. The summed E-state index contributed by atoms with van der Waals surface area (Å²) >= 11 is 0. The number of hydrogen-bond donors (Lipinski definition) is 4. The SMILES string of the molecule is CC(C)C(NC(=O)NC(C(=O)N1CCCC1C=O)C(C)(C)C)C(=O)OCC1CC1.NC(=O)C(=O)C(N)CC1CCC1. The molecule has 1 aliphatic heterocycles. The molecule has 4 amide bonds. The summed E-state index contributed by atoms with van der Waals surface area (Å²) in [5, 5.41) is 5.40. The van der Waals surface area contributed by atoms with Crippen molar-refractivity contribution < 1.29 is 33.5 Å². The Hall–Kier alpha value is -3.02. The molecule has 0 radical (unpaired) electrons. The summed E-state index contributed by atoms with van der Waals surface area (Å²) in [5.74, 6) is -1.48. The smallest absolute Gasteiger partial charge is 0.328 e. The summed E-state index contributed by atoms with van der Waals surface area (Å²) in [6.45, 7) is 10.1. The van der Waals surface area contributed by atoms with E-state index in [1.807, 2.05) is 34.6 Å². The number of ether oxygens (including phenoxy) is 1. The van der Waals surface area contributed by atoms with E-state index in [-0.39, 0.29) is 11.8 Å². The van der Waals surface area contributed by atoms with Crippen LogP contribution in [0.25, 0.3) is 0 Å². The van der Waals surface area contributed by atoms with E-state index in [2.05, 4.69) is 10.6 Å². The molecule has 0 aromatic rings. The van der Waals surface area contributed by atoms with Gasteiger partial charge in [0.05, 0.1) is 18.7 Å². The van der Waals surface area contributed by atoms with E-state index >= 15 is 0 Å². The average molecular weight is 580 g/mol. The zero-order valence-electron chi connectivity index (χ0n) is 25.1. The second-order valence-electron chi connectivity index (χ2n) is 13.0. The van der Waals surface area contributed by atoms with Gasteiger partial charge in [0.2, 0.25) is 11.7 Å². The van der Waals surface area contributed by atoms with Crippen LogP contribution in [0.5, 0.6) is 0 Å². The van der Waals surface area contributed by atoms with Crippen molar-refractivity contribution in [1.29, 1.82) is 0 Å². The number of nitrogens with two attached hydrogens (primary N) is 2. The summed E-state index contributed by atoms with van der Waals surface area (Å²) in [6.07, 6.45) is 8.40. The Morgan fingerprint density at radius 1 is 0.976 bits per heavy atom. The maximum atomic E-state index is 13.1. The number of ketones is 1.